The van der Waals surface area contributed by atoms with Crippen LogP contribution in [-0.4, -0.2) is 12.6 Å². The van der Waals surface area contributed by atoms with Gasteiger partial charge in [0.2, 0.25) is 0 Å². The molecule has 0 saturated carbocycles. The molecule has 0 saturated heterocycles. The average Bonchev–Trinajstić information content (AvgIpc) is 2.30. The van der Waals surface area contributed by atoms with E-state index in [9.17, 15) is 8.66 Å². The van der Waals surface area contributed by atoms with Gasteiger partial charge in [-0.15, -0.1) is 0 Å². The zero-order valence-electron chi connectivity index (χ0n) is 9.57. The molecule has 0 aliphatic rings. The number of hydrogen-bond donors (Lipinski definition) is 1. The van der Waals surface area contributed by atoms with Gasteiger partial charge in [0.05, 0.1) is 0 Å². The summed E-state index contributed by atoms with van der Waals surface area (Å²) in [7, 11) is 0. The molecule has 4 nitrogen and oxygen atoms in total. The molecule has 17 heavy (non-hydrogen) atoms. The Labute approximate surface area is 105 Å². The second kappa shape index (κ2) is 6.98. The van der Waals surface area contributed by atoms with Crippen LogP contribution in [-0.2, 0) is 17.5 Å². The van der Waals surface area contributed by atoms with Crippen LogP contribution in [0.2, 0.25) is 5.36 Å². The van der Waals surface area contributed by atoms with Gasteiger partial charge in [-0.1, -0.05) is 0 Å². The van der Waals surface area contributed by atoms with Crippen LogP contribution >= 0.6 is 0 Å². The molecule has 0 atom stereocenters. The van der Waals surface area contributed by atoms with Crippen molar-refractivity contribution in [3.8, 4) is 5.75 Å². The summed E-state index contributed by atoms with van der Waals surface area (Å²) in [6.45, 7) is 5.61. The number of para-hydroxylation sites is 1. The summed E-state index contributed by atoms with van der Waals surface area (Å²) in [6, 6.07) is 8.77. The summed E-state index contributed by atoms with van der Waals surface area (Å²) in [4.78, 5) is 11.3. The maximum atomic E-state index is 11.3. The first-order valence-corrected chi connectivity index (χ1v) is 6.70. The minimum atomic E-state index is -1.42. The molecule has 1 rings (SSSR count). The van der Waals surface area contributed by atoms with Crippen molar-refractivity contribution >= 4 is 6.09 Å². The van der Waals surface area contributed by atoms with E-state index in [4.69, 9.17) is 4.74 Å². The van der Waals surface area contributed by atoms with Gasteiger partial charge in [0.1, 0.15) is 0 Å². The molecule has 0 aromatic heterocycles. The molecule has 1 N–H and O–H groups in total. The van der Waals surface area contributed by atoms with Crippen molar-refractivity contribution in [1.29, 1.82) is 0 Å². The normalized spacial score (nSPS) is 10.5. The van der Waals surface area contributed by atoms with E-state index in [1.54, 1.807) is 31.2 Å². The van der Waals surface area contributed by atoms with Crippen molar-refractivity contribution < 1.29 is 27.0 Å². The molecule has 95 valence electrons. The standard InChI is InChI=1S/C9H10NO2.C3H5.Co.O/c1-2-10-9(11)12-8-6-4-3-5-7-8;1-3-2;;/h3-7H,1-2H2,(H,10,11);1H2,2H3;;. The van der Waals surface area contributed by atoms with Gasteiger partial charge >= 0.3 is 104 Å². The molecule has 5 heteroatoms. The van der Waals surface area contributed by atoms with Gasteiger partial charge in [-0.25, -0.2) is 0 Å². The first-order chi connectivity index (χ1) is 8.09. The Morgan fingerprint density at radius 3 is 2.65 bits per heavy atom. The van der Waals surface area contributed by atoms with Crippen molar-refractivity contribution in [2.45, 2.75) is 12.3 Å². The Kier molecular flexibility index (Phi) is 5.58. The Morgan fingerprint density at radius 1 is 1.41 bits per heavy atom. The number of ether oxygens (including phenoxy) is 1. The third-order valence-electron chi connectivity index (χ3n) is 1.78. The number of amides is 1. The van der Waals surface area contributed by atoms with Crippen molar-refractivity contribution in [3.05, 3.63) is 41.4 Å². The Bertz CT molecular complexity index is 417. The number of allylic oxidation sites excluding steroid dienone is 1. The molecule has 0 aliphatic heterocycles. The SMILES string of the molecule is C=[C](C)[Co](=[O])[CH2]CNC(=O)Oc1ccccc1. The van der Waals surface area contributed by atoms with Gasteiger partial charge in [-0.2, -0.15) is 0 Å². The number of nitrogens with one attached hydrogen (secondary N) is 1. The topological polar surface area (TPSA) is 55.4 Å². The molecular formula is C12H15CoNO3. The van der Waals surface area contributed by atoms with Crippen LogP contribution in [0.3, 0.4) is 0 Å². The number of carbonyl (C=O) groups excluding carboxylic acids is 1. The summed E-state index contributed by atoms with van der Waals surface area (Å²) >= 11 is -1.42. The van der Waals surface area contributed by atoms with Crippen LogP contribution < -0.4 is 10.1 Å². The maximum absolute atomic E-state index is 11.3. The Balaban J connectivity index is 2.27. The van der Waals surface area contributed by atoms with Gasteiger partial charge in [-0.3, -0.25) is 0 Å². The van der Waals surface area contributed by atoms with Crippen LogP contribution in [0.25, 0.3) is 0 Å². The first kappa shape index (κ1) is 13.6. The molecule has 1 aromatic rings. The van der Waals surface area contributed by atoms with E-state index in [0.717, 1.165) is 0 Å². The predicted octanol–water partition coefficient (Wildman–Crippen LogP) is 2.69. The van der Waals surface area contributed by atoms with Gasteiger partial charge < -0.3 is 0 Å². The Hall–Kier alpha value is -1.46. The van der Waals surface area contributed by atoms with E-state index in [0.29, 0.717) is 22.2 Å². The number of carbonyl (C=O) groups is 1. The Morgan fingerprint density at radius 2 is 2.06 bits per heavy atom. The number of benzene rings is 1. The quantitative estimate of drug-likeness (QED) is 0.902. The molecule has 0 radical (unpaired) electrons. The van der Waals surface area contributed by atoms with E-state index in [1.807, 2.05) is 6.07 Å². The van der Waals surface area contributed by atoms with Crippen LogP contribution in [0.15, 0.2) is 41.4 Å². The molecule has 0 fully saturated rings. The third-order valence-corrected chi connectivity index (χ3v) is 3.50. The van der Waals surface area contributed by atoms with Crippen LogP contribution in [0.1, 0.15) is 6.92 Å². The van der Waals surface area contributed by atoms with Crippen LogP contribution in [0, 0.1) is 0 Å². The average molecular weight is 280 g/mol. The monoisotopic (exact) mass is 280 g/mol. The molecule has 0 aliphatic carbocycles. The summed E-state index contributed by atoms with van der Waals surface area (Å²) in [5.74, 6) is 0.481. The van der Waals surface area contributed by atoms with Gasteiger partial charge in [0, 0.05) is 0 Å². The minimum absolute atomic E-state index is 0.312. The van der Waals surface area contributed by atoms with Crippen LogP contribution in [0.5, 0.6) is 5.75 Å². The molecule has 1 amide bonds. The van der Waals surface area contributed by atoms with Crippen LogP contribution in [0.4, 0.5) is 4.79 Å². The fourth-order valence-corrected chi connectivity index (χ4v) is 1.80. The van der Waals surface area contributed by atoms with E-state index >= 15 is 0 Å². The predicted molar refractivity (Wildman–Crippen MR) is 60.8 cm³/mol. The molecule has 0 heterocycles. The molecule has 0 bridgehead atoms. The van der Waals surface area contributed by atoms with Crippen molar-refractivity contribution in [2.24, 2.45) is 0 Å². The second-order valence-electron chi connectivity index (χ2n) is 3.22. The van der Waals surface area contributed by atoms with Gasteiger partial charge in [0.15, 0.2) is 0 Å². The van der Waals surface area contributed by atoms with Crippen molar-refractivity contribution in [3.63, 3.8) is 0 Å². The van der Waals surface area contributed by atoms with Crippen molar-refractivity contribution in [1.82, 2.24) is 5.32 Å². The summed E-state index contributed by atoms with van der Waals surface area (Å²) in [5.41, 5.74) is 0. The molecule has 0 spiro atoms. The fourth-order valence-electron chi connectivity index (χ4n) is 0.993. The summed E-state index contributed by atoms with van der Waals surface area (Å²) in [5, 5.41) is 2.91. The van der Waals surface area contributed by atoms with Gasteiger partial charge in [-0.05, 0) is 0 Å². The van der Waals surface area contributed by atoms with Crippen molar-refractivity contribution in [2.75, 3.05) is 6.54 Å². The molecule has 0 unspecified atom stereocenters. The first-order valence-electron chi connectivity index (χ1n) is 5.02. The van der Waals surface area contributed by atoms with Gasteiger partial charge in [0.25, 0.3) is 0 Å². The zero-order valence-corrected chi connectivity index (χ0v) is 10.6. The second-order valence-corrected chi connectivity index (χ2v) is 5.51. The number of rotatable bonds is 5. The zero-order chi connectivity index (χ0) is 12.7. The molecular weight excluding hydrogens is 265 g/mol. The summed E-state index contributed by atoms with van der Waals surface area (Å²) < 4.78 is 17.0. The fraction of sp³-hybridized carbons (Fsp3) is 0.250. The number of hydrogen-bond acceptors (Lipinski definition) is 3. The third kappa shape index (κ3) is 5.42. The van der Waals surface area contributed by atoms with E-state index in [2.05, 4.69) is 11.9 Å². The molecule has 1 aromatic carbocycles. The van der Waals surface area contributed by atoms with E-state index in [-0.39, 0.29) is 0 Å². The van der Waals surface area contributed by atoms with E-state index in [1.165, 1.54) is 0 Å². The summed E-state index contributed by atoms with van der Waals surface area (Å²) in [6.07, 6.45) is -0.541. The van der Waals surface area contributed by atoms with E-state index < -0.39 is 19.7 Å².